The van der Waals surface area contributed by atoms with Crippen molar-refractivity contribution in [2.45, 2.75) is 19.9 Å². The molecule has 1 saturated heterocycles. The van der Waals surface area contributed by atoms with Crippen LogP contribution in [0.4, 0.5) is 0 Å². The molecule has 0 bridgehead atoms. The SMILES string of the molecule is CC1(C)[C@@H]2[C@@H](C(=O)O)N(C(=O)c3cn4ccncc4n3)C[C@@H]21. The molecule has 2 aromatic rings. The van der Waals surface area contributed by atoms with Gasteiger partial charge in [-0.25, -0.2) is 9.78 Å². The molecule has 1 N–H and O–H groups in total. The number of aromatic nitrogens is 3. The highest BCUT2D eigenvalue weighted by Crippen LogP contribution is 2.64. The highest BCUT2D eigenvalue weighted by atomic mass is 16.4. The van der Waals surface area contributed by atoms with Gasteiger partial charge < -0.3 is 14.4 Å². The first-order valence-electron chi connectivity index (χ1n) is 7.24. The maximum absolute atomic E-state index is 12.7. The lowest BCUT2D eigenvalue weighted by atomic mass is 10.0. The molecule has 22 heavy (non-hydrogen) atoms. The predicted octanol–water partition coefficient (Wildman–Crippen LogP) is 0.910. The van der Waals surface area contributed by atoms with E-state index < -0.39 is 12.0 Å². The fraction of sp³-hybridized carbons (Fsp3) is 0.467. The van der Waals surface area contributed by atoms with Crippen molar-refractivity contribution >= 4 is 17.5 Å². The number of hydrogen-bond acceptors (Lipinski definition) is 4. The number of fused-ring (bicyclic) bond motifs is 2. The Morgan fingerprint density at radius 1 is 1.41 bits per heavy atom. The van der Waals surface area contributed by atoms with E-state index >= 15 is 0 Å². The van der Waals surface area contributed by atoms with Crippen LogP contribution in [0.2, 0.25) is 0 Å². The van der Waals surface area contributed by atoms with Gasteiger partial charge in [-0.2, -0.15) is 0 Å². The van der Waals surface area contributed by atoms with Crippen molar-refractivity contribution in [2.24, 2.45) is 17.3 Å². The predicted molar refractivity (Wildman–Crippen MR) is 76.2 cm³/mol. The summed E-state index contributed by atoms with van der Waals surface area (Å²) in [6.07, 6.45) is 6.50. The van der Waals surface area contributed by atoms with Crippen LogP contribution in [0.5, 0.6) is 0 Å². The first kappa shape index (κ1) is 13.2. The van der Waals surface area contributed by atoms with Crippen LogP contribution in [0.1, 0.15) is 24.3 Å². The maximum Gasteiger partial charge on any atom is 0.326 e. The monoisotopic (exact) mass is 300 g/mol. The van der Waals surface area contributed by atoms with Crippen molar-refractivity contribution in [3.8, 4) is 0 Å². The van der Waals surface area contributed by atoms with Crippen LogP contribution in [0.25, 0.3) is 5.65 Å². The van der Waals surface area contributed by atoms with E-state index in [0.29, 0.717) is 12.2 Å². The zero-order valence-electron chi connectivity index (χ0n) is 12.3. The summed E-state index contributed by atoms with van der Waals surface area (Å²) in [5, 5.41) is 9.52. The topological polar surface area (TPSA) is 87.8 Å². The Kier molecular flexibility index (Phi) is 2.44. The molecule has 7 nitrogen and oxygen atoms in total. The van der Waals surface area contributed by atoms with Gasteiger partial charge in [-0.1, -0.05) is 13.8 Å². The van der Waals surface area contributed by atoms with Gasteiger partial charge in [-0.15, -0.1) is 0 Å². The van der Waals surface area contributed by atoms with Crippen molar-refractivity contribution in [3.05, 3.63) is 30.5 Å². The Morgan fingerprint density at radius 2 is 2.18 bits per heavy atom. The van der Waals surface area contributed by atoms with E-state index in [1.54, 1.807) is 29.2 Å². The molecule has 3 atom stereocenters. The third kappa shape index (κ3) is 1.62. The highest BCUT2D eigenvalue weighted by Gasteiger charge is 2.69. The summed E-state index contributed by atoms with van der Waals surface area (Å²) in [5.41, 5.74) is 0.837. The summed E-state index contributed by atoms with van der Waals surface area (Å²) in [6, 6.07) is -0.754. The number of carbonyl (C=O) groups excluding carboxylic acids is 1. The van der Waals surface area contributed by atoms with Gasteiger partial charge in [-0.05, 0) is 11.3 Å². The number of carboxylic acid groups (broad SMARTS) is 1. The molecule has 0 aromatic carbocycles. The summed E-state index contributed by atoms with van der Waals surface area (Å²) in [6.45, 7) is 4.62. The average molecular weight is 300 g/mol. The molecule has 1 aliphatic heterocycles. The summed E-state index contributed by atoms with van der Waals surface area (Å²) in [4.78, 5) is 34.0. The molecular formula is C15H16N4O3. The molecule has 4 rings (SSSR count). The van der Waals surface area contributed by atoms with Crippen LogP contribution in [0.15, 0.2) is 24.8 Å². The van der Waals surface area contributed by atoms with Gasteiger partial charge >= 0.3 is 5.97 Å². The number of aliphatic carboxylic acids is 1. The molecule has 2 fully saturated rings. The molecule has 0 unspecified atom stereocenters. The van der Waals surface area contributed by atoms with E-state index in [9.17, 15) is 14.7 Å². The smallest absolute Gasteiger partial charge is 0.326 e. The second kappa shape index (κ2) is 4.06. The molecular weight excluding hydrogens is 284 g/mol. The third-order valence-electron chi connectivity index (χ3n) is 5.21. The van der Waals surface area contributed by atoms with Crippen molar-refractivity contribution in [3.63, 3.8) is 0 Å². The van der Waals surface area contributed by atoms with Crippen LogP contribution >= 0.6 is 0 Å². The van der Waals surface area contributed by atoms with Gasteiger partial charge in [-0.3, -0.25) is 9.78 Å². The van der Waals surface area contributed by atoms with Crippen molar-refractivity contribution < 1.29 is 14.7 Å². The lowest BCUT2D eigenvalue weighted by Gasteiger charge is -2.27. The van der Waals surface area contributed by atoms with Gasteiger partial charge in [0, 0.05) is 31.1 Å². The molecule has 7 heteroatoms. The average Bonchev–Trinajstić information content (AvgIpc) is 2.93. The minimum atomic E-state index is -0.933. The minimum absolute atomic E-state index is 0.00265. The highest BCUT2D eigenvalue weighted by molar-refractivity contribution is 5.96. The fourth-order valence-electron chi connectivity index (χ4n) is 3.87. The lowest BCUT2D eigenvalue weighted by Crippen LogP contribution is -2.45. The Hall–Kier alpha value is -2.44. The molecule has 3 heterocycles. The summed E-state index contributed by atoms with van der Waals surface area (Å²) in [7, 11) is 0. The Balaban J connectivity index is 1.67. The van der Waals surface area contributed by atoms with Crippen LogP contribution in [0, 0.1) is 17.3 Å². The Bertz CT molecular complexity index is 764. The fourth-order valence-corrected chi connectivity index (χ4v) is 3.87. The quantitative estimate of drug-likeness (QED) is 0.890. The molecule has 1 aliphatic carbocycles. The van der Waals surface area contributed by atoms with E-state index in [2.05, 4.69) is 23.8 Å². The van der Waals surface area contributed by atoms with E-state index in [4.69, 9.17) is 0 Å². The van der Waals surface area contributed by atoms with Gasteiger partial charge in [0.05, 0.1) is 6.20 Å². The van der Waals surface area contributed by atoms with E-state index in [1.807, 2.05) is 0 Å². The Labute approximate surface area is 126 Å². The summed E-state index contributed by atoms with van der Waals surface area (Å²) in [5.74, 6) is -0.958. The van der Waals surface area contributed by atoms with Crippen LogP contribution in [0.3, 0.4) is 0 Å². The summed E-state index contributed by atoms with van der Waals surface area (Å²) < 4.78 is 1.71. The second-order valence-corrected chi connectivity index (χ2v) is 6.66. The molecule has 114 valence electrons. The van der Waals surface area contributed by atoms with E-state index in [0.717, 1.165) is 0 Å². The first-order chi connectivity index (χ1) is 10.4. The van der Waals surface area contributed by atoms with Crippen molar-refractivity contribution in [2.75, 3.05) is 6.54 Å². The van der Waals surface area contributed by atoms with Crippen molar-refractivity contribution in [1.82, 2.24) is 19.3 Å². The number of piperidine rings is 1. The maximum atomic E-state index is 12.7. The number of nitrogens with zero attached hydrogens (tertiary/aromatic N) is 4. The first-order valence-corrected chi connectivity index (χ1v) is 7.24. The standard InChI is InChI=1S/C15H16N4O3/c1-15(2)8-6-19(12(11(8)15)14(21)22)13(20)9-7-18-4-3-16-5-10(18)17-9/h3-5,7-8,11-12H,6H2,1-2H3,(H,21,22)/t8-,11-,12-/m0/s1. The number of amides is 1. The molecule has 0 spiro atoms. The van der Waals surface area contributed by atoms with Gasteiger partial charge in [0.2, 0.25) is 0 Å². The molecule has 1 saturated carbocycles. The molecule has 0 radical (unpaired) electrons. The van der Waals surface area contributed by atoms with Crippen LogP contribution in [-0.4, -0.2) is 48.8 Å². The van der Waals surface area contributed by atoms with Crippen molar-refractivity contribution in [1.29, 1.82) is 0 Å². The zero-order chi connectivity index (χ0) is 15.6. The third-order valence-corrected chi connectivity index (χ3v) is 5.21. The van der Waals surface area contributed by atoms with E-state index in [-0.39, 0.29) is 28.9 Å². The minimum Gasteiger partial charge on any atom is -0.480 e. The number of carboxylic acids is 1. The summed E-state index contributed by atoms with van der Waals surface area (Å²) >= 11 is 0. The number of imidazole rings is 1. The number of likely N-dealkylation sites (tertiary alicyclic amines) is 1. The molecule has 2 aromatic heterocycles. The molecule has 1 amide bonds. The van der Waals surface area contributed by atoms with Crippen LogP contribution in [-0.2, 0) is 4.79 Å². The van der Waals surface area contributed by atoms with Gasteiger partial charge in [0.25, 0.3) is 5.91 Å². The van der Waals surface area contributed by atoms with Crippen LogP contribution < -0.4 is 0 Å². The second-order valence-electron chi connectivity index (χ2n) is 6.66. The largest absolute Gasteiger partial charge is 0.480 e. The van der Waals surface area contributed by atoms with Gasteiger partial charge in [0.15, 0.2) is 5.65 Å². The normalized spacial score (nSPS) is 28.6. The molecule has 2 aliphatic rings. The number of hydrogen-bond donors (Lipinski definition) is 1. The number of carbonyl (C=O) groups is 2. The Morgan fingerprint density at radius 3 is 2.86 bits per heavy atom. The lowest BCUT2D eigenvalue weighted by molar-refractivity contribution is -0.142. The zero-order valence-corrected chi connectivity index (χ0v) is 12.3. The van der Waals surface area contributed by atoms with E-state index in [1.165, 1.54) is 4.90 Å². The number of rotatable bonds is 2. The van der Waals surface area contributed by atoms with Gasteiger partial charge in [0.1, 0.15) is 11.7 Å².